The molecule has 0 bridgehead atoms. The van der Waals surface area contributed by atoms with Gasteiger partial charge in [0.05, 0.1) is 26.4 Å². The van der Waals surface area contributed by atoms with Gasteiger partial charge in [-0.2, -0.15) is 0 Å². The van der Waals surface area contributed by atoms with E-state index in [-0.39, 0.29) is 0 Å². The van der Waals surface area contributed by atoms with E-state index in [0.29, 0.717) is 62.4 Å². The van der Waals surface area contributed by atoms with Crippen LogP contribution in [-0.2, 0) is 23.4 Å². The number of hydrogen-bond acceptors (Lipinski definition) is 5. The molecule has 0 aromatic carbocycles. The highest BCUT2D eigenvalue weighted by Gasteiger charge is 2.39. The standard InChI is InChI=1S/C12H26Cl2O5Si/c1-3-15-7-9-17-12(14,11(19-20)5-6-13)18-10-8-16-4-2/h11H,3-10H2,1-2,20H3. The molecular formula is C12H26Cl2O5Si. The van der Waals surface area contributed by atoms with Crippen molar-refractivity contribution in [2.75, 3.05) is 45.5 Å². The van der Waals surface area contributed by atoms with Gasteiger partial charge in [-0.1, -0.05) is 11.6 Å². The second-order valence-electron chi connectivity index (χ2n) is 3.88. The SMILES string of the molecule is CCOCCOC(Cl)(OCCOCC)C(CCCl)O[SiH3]. The van der Waals surface area contributed by atoms with Crippen molar-refractivity contribution in [3.05, 3.63) is 0 Å². The first-order chi connectivity index (χ1) is 9.64. The third kappa shape index (κ3) is 8.79. The van der Waals surface area contributed by atoms with E-state index in [9.17, 15) is 0 Å². The van der Waals surface area contributed by atoms with Crippen LogP contribution in [0, 0.1) is 0 Å². The maximum Gasteiger partial charge on any atom is 0.274 e. The fraction of sp³-hybridized carbons (Fsp3) is 1.00. The molecule has 5 nitrogen and oxygen atoms in total. The highest BCUT2D eigenvalue weighted by Crippen LogP contribution is 2.28. The topological polar surface area (TPSA) is 46.2 Å². The van der Waals surface area contributed by atoms with E-state index >= 15 is 0 Å². The van der Waals surface area contributed by atoms with Gasteiger partial charge in [0, 0.05) is 19.1 Å². The first-order valence-electron chi connectivity index (χ1n) is 6.85. The summed E-state index contributed by atoms with van der Waals surface area (Å²) < 4.78 is 27.1. The predicted molar refractivity (Wildman–Crippen MR) is 83.6 cm³/mol. The summed E-state index contributed by atoms with van der Waals surface area (Å²) in [6, 6.07) is 0. The van der Waals surface area contributed by atoms with Gasteiger partial charge in [0.1, 0.15) is 16.6 Å². The van der Waals surface area contributed by atoms with Crippen LogP contribution in [0.25, 0.3) is 0 Å². The average Bonchev–Trinajstić information content (AvgIpc) is 2.45. The van der Waals surface area contributed by atoms with Gasteiger partial charge in [0.25, 0.3) is 5.25 Å². The molecule has 0 heterocycles. The van der Waals surface area contributed by atoms with E-state index in [1.165, 1.54) is 0 Å². The summed E-state index contributed by atoms with van der Waals surface area (Å²) in [4.78, 5) is 0. The molecule has 0 radical (unpaired) electrons. The van der Waals surface area contributed by atoms with Crippen molar-refractivity contribution in [1.82, 2.24) is 0 Å². The summed E-state index contributed by atoms with van der Waals surface area (Å²) in [5.41, 5.74) is 0. The van der Waals surface area contributed by atoms with E-state index in [0.717, 1.165) is 0 Å². The fourth-order valence-corrected chi connectivity index (χ4v) is 2.77. The van der Waals surface area contributed by atoms with E-state index in [1.807, 2.05) is 13.8 Å². The van der Waals surface area contributed by atoms with Crippen LogP contribution >= 0.6 is 23.2 Å². The Bertz CT molecular complexity index is 212. The molecule has 122 valence electrons. The largest absolute Gasteiger partial charge is 0.418 e. The maximum absolute atomic E-state index is 6.43. The summed E-state index contributed by atoms with van der Waals surface area (Å²) in [5.74, 6) is 0.422. The molecule has 0 spiro atoms. The Morgan fingerprint density at radius 3 is 1.85 bits per heavy atom. The van der Waals surface area contributed by atoms with Crippen LogP contribution in [0.5, 0.6) is 0 Å². The second kappa shape index (κ2) is 13.3. The molecule has 20 heavy (non-hydrogen) atoms. The monoisotopic (exact) mass is 348 g/mol. The summed E-state index contributed by atoms with van der Waals surface area (Å²) in [6.07, 6.45) is 0.147. The summed E-state index contributed by atoms with van der Waals surface area (Å²) in [6.45, 7) is 6.67. The van der Waals surface area contributed by atoms with Gasteiger partial charge in [0.2, 0.25) is 0 Å². The minimum Gasteiger partial charge on any atom is -0.418 e. The number of hydrogen-bond donors (Lipinski definition) is 0. The minimum atomic E-state index is -1.34. The molecule has 1 unspecified atom stereocenters. The normalized spacial score (nSPS) is 13.8. The Hall–Kier alpha value is 0.597. The van der Waals surface area contributed by atoms with E-state index < -0.39 is 11.4 Å². The lowest BCUT2D eigenvalue weighted by atomic mass is 10.2. The Balaban J connectivity index is 4.38. The molecule has 0 N–H and O–H groups in total. The molecule has 0 aliphatic heterocycles. The predicted octanol–water partition coefficient (Wildman–Crippen LogP) is 1.28. The Morgan fingerprint density at radius 2 is 1.50 bits per heavy atom. The van der Waals surface area contributed by atoms with Gasteiger partial charge in [-0.25, -0.2) is 0 Å². The Kier molecular flexibility index (Phi) is 13.7. The van der Waals surface area contributed by atoms with Gasteiger partial charge < -0.3 is 23.4 Å². The molecule has 0 amide bonds. The summed E-state index contributed by atoms with van der Waals surface area (Å²) in [5, 5.41) is -1.34. The van der Waals surface area contributed by atoms with Gasteiger partial charge >= 0.3 is 0 Å². The number of alkyl halides is 2. The molecule has 8 heteroatoms. The first kappa shape index (κ1) is 20.6. The zero-order valence-corrected chi connectivity index (χ0v) is 16.0. The minimum absolute atomic E-state index is 0.329. The van der Waals surface area contributed by atoms with E-state index in [1.54, 1.807) is 0 Å². The van der Waals surface area contributed by atoms with Crippen molar-refractivity contribution < 1.29 is 23.4 Å². The number of ether oxygens (including phenoxy) is 4. The van der Waals surface area contributed by atoms with Crippen LogP contribution in [0.2, 0.25) is 0 Å². The highest BCUT2D eigenvalue weighted by atomic mass is 35.5. The van der Waals surface area contributed by atoms with Crippen LogP contribution in [0.3, 0.4) is 0 Å². The lowest BCUT2D eigenvalue weighted by molar-refractivity contribution is -0.230. The maximum atomic E-state index is 6.43. The molecule has 0 fully saturated rings. The summed E-state index contributed by atoms with van der Waals surface area (Å²) >= 11 is 12.2. The third-order valence-electron chi connectivity index (χ3n) is 2.50. The third-order valence-corrected chi connectivity index (χ3v) is 3.75. The molecule has 1 atom stereocenters. The van der Waals surface area contributed by atoms with Gasteiger partial charge in [-0.05, 0) is 20.3 Å². The van der Waals surface area contributed by atoms with E-state index in [4.69, 9.17) is 46.6 Å². The second-order valence-corrected chi connectivity index (χ2v) is 5.25. The van der Waals surface area contributed by atoms with Crippen molar-refractivity contribution in [3.8, 4) is 0 Å². The van der Waals surface area contributed by atoms with Crippen molar-refractivity contribution in [1.29, 1.82) is 0 Å². The number of halogens is 2. The van der Waals surface area contributed by atoms with Gasteiger partial charge in [0.15, 0.2) is 0 Å². The molecular weight excluding hydrogens is 323 g/mol. The van der Waals surface area contributed by atoms with Crippen LogP contribution < -0.4 is 0 Å². The smallest absolute Gasteiger partial charge is 0.274 e. The van der Waals surface area contributed by atoms with Crippen molar-refractivity contribution in [3.63, 3.8) is 0 Å². The zero-order valence-electron chi connectivity index (χ0n) is 12.5. The quantitative estimate of drug-likeness (QED) is 0.205. The first-order valence-corrected chi connectivity index (χ1v) is 8.58. The summed E-state index contributed by atoms with van der Waals surface area (Å²) in [7, 11) is 0.522. The lowest BCUT2D eigenvalue weighted by Crippen LogP contribution is -2.45. The average molecular weight is 349 g/mol. The fourth-order valence-electron chi connectivity index (χ4n) is 1.53. The highest BCUT2D eigenvalue weighted by molar-refractivity contribution is 6.22. The van der Waals surface area contributed by atoms with Crippen LogP contribution in [0.15, 0.2) is 0 Å². The Morgan fingerprint density at radius 1 is 1.00 bits per heavy atom. The molecule has 0 rings (SSSR count). The van der Waals surface area contributed by atoms with Gasteiger partial charge in [-0.15, -0.1) is 11.6 Å². The molecule has 0 saturated carbocycles. The van der Waals surface area contributed by atoms with Crippen LogP contribution in [0.4, 0.5) is 0 Å². The van der Waals surface area contributed by atoms with Crippen LogP contribution in [-0.4, -0.2) is 67.4 Å². The molecule has 0 aliphatic carbocycles. The van der Waals surface area contributed by atoms with Gasteiger partial charge in [-0.3, -0.25) is 0 Å². The Labute approximate surface area is 134 Å². The zero-order chi connectivity index (χ0) is 15.3. The lowest BCUT2D eigenvalue weighted by Gasteiger charge is -2.34. The molecule has 0 aliphatic rings. The molecule has 0 aromatic heterocycles. The van der Waals surface area contributed by atoms with Crippen molar-refractivity contribution in [2.45, 2.75) is 31.6 Å². The molecule has 0 saturated heterocycles. The van der Waals surface area contributed by atoms with Crippen LogP contribution in [0.1, 0.15) is 20.3 Å². The molecule has 0 aromatic rings. The van der Waals surface area contributed by atoms with E-state index in [2.05, 4.69) is 0 Å². The van der Waals surface area contributed by atoms with Crippen molar-refractivity contribution in [2.24, 2.45) is 0 Å². The number of rotatable bonds is 14. The van der Waals surface area contributed by atoms with Crippen molar-refractivity contribution >= 4 is 33.7 Å².